The van der Waals surface area contributed by atoms with Crippen molar-refractivity contribution in [1.82, 2.24) is 0 Å². The highest BCUT2D eigenvalue weighted by Gasteiger charge is 2.51. The molecule has 0 saturated carbocycles. The van der Waals surface area contributed by atoms with Gasteiger partial charge in [0.05, 0.1) is 7.11 Å². The lowest BCUT2D eigenvalue weighted by atomic mass is 9.79. The zero-order valence-electron chi connectivity index (χ0n) is 10.2. The van der Waals surface area contributed by atoms with E-state index in [1.807, 2.05) is 25.1 Å². The zero-order chi connectivity index (χ0) is 12.5. The maximum Gasteiger partial charge on any atom is 0.320 e. The number of carbonyl (C=O) groups excluding carboxylic acids is 2. The van der Waals surface area contributed by atoms with Gasteiger partial charge in [-0.05, 0) is 18.4 Å². The Balaban J connectivity index is 2.46. The van der Waals surface area contributed by atoms with Crippen LogP contribution in [0.2, 0.25) is 0 Å². The number of ketones is 1. The topological polar surface area (TPSA) is 43.4 Å². The van der Waals surface area contributed by atoms with Gasteiger partial charge in [-0.3, -0.25) is 9.59 Å². The number of methoxy groups -OCH3 is 1. The first-order chi connectivity index (χ1) is 8.15. The molecule has 1 unspecified atom stereocenters. The largest absolute Gasteiger partial charge is 0.468 e. The van der Waals surface area contributed by atoms with Crippen molar-refractivity contribution in [3.63, 3.8) is 0 Å². The van der Waals surface area contributed by atoms with Crippen LogP contribution in [0, 0.1) is 5.41 Å². The van der Waals surface area contributed by atoms with Crippen molar-refractivity contribution in [2.24, 2.45) is 5.41 Å². The van der Waals surface area contributed by atoms with Gasteiger partial charge < -0.3 is 4.74 Å². The molecule has 1 atom stereocenters. The molecule has 0 bridgehead atoms. The summed E-state index contributed by atoms with van der Waals surface area (Å²) >= 11 is 0. The third kappa shape index (κ3) is 1.66. The monoisotopic (exact) mass is 232 g/mol. The second kappa shape index (κ2) is 4.32. The van der Waals surface area contributed by atoms with Crippen molar-refractivity contribution in [1.29, 1.82) is 0 Å². The number of esters is 1. The Labute approximate surface area is 101 Å². The molecule has 1 aliphatic rings. The number of ether oxygens (including phenoxy) is 1. The standard InChI is InChI=1S/C14H16O3/c1-3-8-14(13(16)17-2)9-10-6-4-5-7-11(10)12(14)15/h4-7H,3,8-9H2,1-2H3. The summed E-state index contributed by atoms with van der Waals surface area (Å²) in [6, 6.07) is 7.42. The molecule has 1 aromatic rings. The van der Waals surface area contributed by atoms with Crippen molar-refractivity contribution >= 4 is 11.8 Å². The Morgan fingerprint density at radius 3 is 2.71 bits per heavy atom. The highest BCUT2D eigenvalue weighted by molar-refractivity contribution is 6.16. The van der Waals surface area contributed by atoms with E-state index in [0.29, 0.717) is 18.4 Å². The molecular weight excluding hydrogens is 216 g/mol. The fraction of sp³-hybridized carbons (Fsp3) is 0.429. The van der Waals surface area contributed by atoms with Crippen LogP contribution in [0.3, 0.4) is 0 Å². The lowest BCUT2D eigenvalue weighted by Gasteiger charge is -2.23. The van der Waals surface area contributed by atoms with Gasteiger partial charge in [0.1, 0.15) is 5.41 Å². The molecule has 17 heavy (non-hydrogen) atoms. The van der Waals surface area contributed by atoms with E-state index in [-0.39, 0.29) is 5.78 Å². The highest BCUT2D eigenvalue weighted by Crippen LogP contribution is 2.41. The predicted octanol–water partition coefficient (Wildman–Crippen LogP) is 2.38. The molecule has 2 rings (SSSR count). The van der Waals surface area contributed by atoms with Crippen LogP contribution >= 0.6 is 0 Å². The Morgan fingerprint density at radius 1 is 1.41 bits per heavy atom. The molecule has 0 saturated heterocycles. The van der Waals surface area contributed by atoms with Crippen molar-refractivity contribution in [2.45, 2.75) is 26.2 Å². The minimum Gasteiger partial charge on any atom is -0.468 e. The van der Waals surface area contributed by atoms with Crippen LogP contribution in [0.25, 0.3) is 0 Å². The summed E-state index contributed by atoms with van der Waals surface area (Å²) in [6.07, 6.45) is 1.81. The number of rotatable bonds is 3. The first-order valence-electron chi connectivity index (χ1n) is 5.87. The normalized spacial score (nSPS) is 22.4. The van der Waals surface area contributed by atoms with Gasteiger partial charge in [0.25, 0.3) is 0 Å². The van der Waals surface area contributed by atoms with E-state index in [1.54, 1.807) is 6.07 Å². The van der Waals surface area contributed by atoms with Crippen LogP contribution in [0.1, 0.15) is 35.7 Å². The summed E-state index contributed by atoms with van der Waals surface area (Å²) in [7, 11) is 1.34. The van der Waals surface area contributed by atoms with Gasteiger partial charge in [-0.2, -0.15) is 0 Å². The summed E-state index contributed by atoms with van der Waals surface area (Å²) in [4.78, 5) is 24.4. The van der Waals surface area contributed by atoms with Gasteiger partial charge in [-0.1, -0.05) is 37.6 Å². The SMILES string of the molecule is CCCC1(C(=O)OC)Cc2ccccc2C1=O. The van der Waals surface area contributed by atoms with Gasteiger partial charge in [-0.15, -0.1) is 0 Å². The second-order valence-electron chi connectivity index (χ2n) is 4.49. The molecular formula is C14H16O3. The lowest BCUT2D eigenvalue weighted by molar-refractivity contribution is -0.149. The summed E-state index contributed by atoms with van der Waals surface area (Å²) in [6.45, 7) is 1.97. The maximum atomic E-state index is 12.4. The fourth-order valence-electron chi connectivity index (χ4n) is 2.65. The Kier molecular flexibility index (Phi) is 3.01. The van der Waals surface area contributed by atoms with Crippen LogP contribution in [-0.2, 0) is 16.0 Å². The summed E-state index contributed by atoms with van der Waals surface area (Å²) in [5, 5.41) is 0. The molecule has 90 valence electrons. The summed E-state index contributed by atoms with van der Waals surface area (Å²) in [5.41, 5.74) is 0.649. The third-order valence-corrected chi connectivity index (χ3v) is 3.44. The van der Waals surface area contributed by atoms with Crippen LogP contribution in [-0.4, -0.2) is 18.9 Å². The number of hydrogen-bond acceptors (Lipinski definition) is 3. The molecule has 0 aliphatic heterocycles. The van der Waals surface area contributed by atoms with Crippen molar-refractivity contribution < 1.29 is 14.3 Å². The van der Waals surface area contributed by atoms with Crippen LogP contribution in [0.4, 0.5) is 0 Å². The Bertz CT molecular complexity index is 464. The molecule has 0 spiro atoms. The highest BCUT2D eigenvalue weighted by atomic mass is 16.5. The minimum atomic E-state index is -0.979. The number of Topliss-reactive ketones (excluding diaryl/α,β-unsaturated/α-hetero) is 1. The first-order valence-corrected chi connectivity index (χ1v) is 5.87. The zero-order valence-corrected chi connectivity index (χ0v) is 10.2. The van der Waals surface area contributed by atoms with Gasteiger partial charge in [0.15, 0.2) is 5.78 Å². The Hall–Kier alpha value is -1.64. The molecule has 3 nitrogen and oxygen atoms in total. The lowest BCUT2D eigenvalue weighted by Crippen LogP contribution is -2.38. The second-order valence-corrected chi connectivity index (χ2v) is 4.49. The maximum absolute atomic E-state index is 12.4. The van der Waals surface area contributed by atoms with Crippen molar-refractivity contribution in [3.8, 4) is 0 Å². The third-order valence-electron chi connectivity index (χ3n) is 3.44. The van der Waals surface area contributed by atoms with E-state index >= 15 is 0 Å². The first kappa shape index (κ1) is 11.8. The molecule has 0 heterocycles. The van der Waals surface area contributed by atoms with E-state index in [2.05, 4.69) is 0 Å². The summed E-state index contributed by atoms with van der Waals surface area (Å²) in [5.74, 6) is -0.484. The molecule has 3 heteroatoms. The number of benzene rings is 1. The van der Waals surface area contributed by atoms with E-state index < -0.39 is 11.4 Å². The van der Waals surface area contributed by atoms with Gasteiger partial charge in [0, 0.05) is 5.56 Å². The van der Waals surface area contributed by atoms with E-state index in [0.717, 1.165) is 12.0 Å². The predicted molar refractivity (Wildman–Crippen MR) is 63.8 cm³/mol. The molecule has 0 N–H and O–H groups in total. The average molecular weight is 232 g/mol. The van der Waals surface area contributed by atoms with Gasteiger partial charge >= 0.3 is 5.97 Å². The number of hydrogen-bond donors (Lipinski definition) is 0. The van der Waals surface area contributed by atoms with Gasteiger partial charge in [-0.25, -0.2) is 0 Å². The number of fused-ring (bicyclic) bond motifs is 1. The van der Waals surface area contributed by atoms with Crippen LogP contribution in [0.5, 0.6) is 0 Å². The molecule has 0 radical (unpaired) electrons. The van der Waals surface area contributed by atoms with E-state index in [4.69, 9.17) is 4.74 Å². The Morgan fingerprint density at radius 2 is 2.12 bits per heavy atom. The van der Waals surface area contributed by atoms with Crippen LogP contribution in [0.15, 0.2) is 24.3 Å². The number of carbonyl (C=O) groups is 2. The van der Waals surface area contributed by atoms with Gasteiger partial charge in [0.2, 0.25) is 0 Å². The molecule has 0 amide bonds. The molecule has 0 aromatic heterocycles. The van der Waals surface area contributed by atoms with Crippen molar-refractivity contribution in [3.05, 3.63) is 35.4 Å². The molecule has 0 fully saturated rings. The fourth-order valence-corrected chi connectivity index (χ4v) is 2.65. The smallest absolute Gasteiger partial charge is 0.320 e. The quantitative estimate of drug-likeness (QED) is 0.593. The summed E-state index contributed by atoms with van der Waals surface area (Å²) < 4.78 is 4.83. The molecule has 1 aliphatic carbocycles. The average Bonchev–Trinajstić information content (AvgIpc) is 2.64. The van der Waals surface area contributed by atoms with E-state index in [1.165, 1.54) is 7.11 Å². The van der Waals surface area contributed by atoms with E-state index in [9.17, 15) is 9.59 Å². The minimum absolute atomic E-state index is 0.0817. The van der Waals surface area contributed by atoms with Crippen LogP contribution < -0.4 is 0 Å². The molecule has 1 aromatic carbocycles. The van der Waals surface area contributed by atoms with Crippen molar-refractivity contribution in [2.75, 3.05) is 7.11 Å².